The lowest BCUT2D eigenvalue weighted by atomic mass is 10.0. The number of morpholine rings is 1. The molecule has 0 atom stereocenters. The van der Waals surface area contributed by atoms with E-state index in [1.807, 2.05) is 23.0 Å². The van der Waals surface area contributed by atoms with Crippen LogP contribution >= 0.6 is 0 Å². The number of fused-ring (bicyclic) bond motifs is 1. The summed E-state index contributed by atoms with van der Waals surface area (Å²) in [5, 5.41) is 5.03. The molecule has 0 saturated carbocycles. The molecule has 1 fully saturated rings. The number of nitrogens with zero attached hydrogens (tertiary/aromatic N) is 5. The Morgan fingerprint density at radius 2 is 1.68 bits per heavy atom. The molecule has 0 amide bonds. The number of ether oxygens (including phenoxy) is 1. The summed E-state index contributed by atoms with van der Waals surface area (Å²) in [6, 6.07) is 14.8. The monoisotopic (exact) mass is 459 g/mol. The highest BCUT2D eigenvalue weighted by atomic mass is 16.5. The lowest BCUT2D eigenvalue weighted by molar-refractivity contribution is 0.0360. The zero-order valence-electron chi connectivity index (χ0n) is 20.3. The third-order valence-electron chi connectivity index (χ3n) is 6.76. The summed E-state index contributed by atoms with van der Waals surface area (Å²) in [5.41, 5.74) is 7.48. The topological polar surface area (TPSA) is 57.2 Å². The molecule has 178 valence electrons. The highest BCUT2D eigenvalue weighted by Crippen LogP contribution is 2.33. The number of aromatic nitrogens is 4. The van der Waals surface area contributed by atoms with E-state index in [0.29, 0.717) is 13.1 Å². The highest BCUT2D eigenvalue weighted by molar-refractivity contribution is 5.87. The molecule has 2 aromatic carbocycles. The second kappa shape index (κ2) is 9.60. The lowest BCUT2D eigenvalue weighted by Crippen LogP contribution is -2.38. The van der Waals surface area contributed by atoms with Crippen LogP contribution in [0, 0.1) is 6.92 Å². The normalized spacial score (nSPS) is 14.8. The third-order valence-corrected chi connectivity index (χ3v) is 6.76. The van der Waals surface area contributed by atoms with Crippen LogP contribution in [0.25, 0.3) is 33.4 Å². The molecule has 0 radical (unpaired) electrons. The average Bonchev–Trinajstić information content (AvgIpc) is 3.41. The van der Waals surface area contributed by atoms with E-state index in [1.54, 1.807) is 0 Å². The van der Waals surface area contributed by atoms with Gasteiger partial charge in [0.05, 0.1) is 30.8 Å². The SMILES string of the molecule is CCn1c(=O)n(CC)c2cc(-c3cn(CCN4CCOCC4)nc3-c3cccc(C)c3)ccc21. The van der Waals surface area contributed by atoms with E-state index >= 15 is 0 Å². The van der Waals surface area contributed by atoms with Crippen LogP contribution in [0.3, 0.4) is 0 Å². The van der Waals surface area contributed by atoms with Crippen molar-refractivity contribution in [3.8, 4) is 22.4 Å². The molecular formula is C27H33N5O2. The molecule has 5 rings (SSSR count). The zero-order chi connectivity index (χ0) is 23.7. The number of imidazole rings is 1. The Balaban J connectivity index is 1.58. The second-order valence-corrected chi connectivity index (χ2v) is 8.95. The second-order valence-electron chi connectivity index (χ2n) is 8.95. The Bertz CT molecular complexity index is 1360. The molecule has 1 aliphatic rings. The molecule has 4 aromatic rings. The van der Waals surface area contributed by atoms with Crippen molar-refractivity contribution >= 4 is 11.0 Å². The number of aryl methyl sites for hydroxylation is 3. The van der Waals surface area contributed by atoms with E-state index in [9.17, 15) is 4.79 Å². The van der Waals surface area contributed by atoms with Gasteiger partial charge in [-0.1, -0.05) is 29.8 Å². The van der Waals surface area contributed by atoms with E-state index in [2.05, 4.69) is 65.2 Å². The fourth-order valence-corrected chi connectivity index (χ4v) is 4.92. The van der Waals surface area contributed by atoms with E-state index in [1.165, 1.54) is 5.56 Å². The van der Waals surface area contributed by atoms with Gasteiger partial charge in [-0.25, -0.2) is 4.79 Å². The van der Waals surface area contributed by atoms with E-state index < -0.39 is 0 Å². The largest absolute Gasteiger partial charge is 0.379 e. The molecule has 7 nitrogen and oxygen atoms in total. The quantitative estimate of drug-likeness (QED) is 0.419. The Hall–Kier alpha value is -3.16. The van der Waals surface area contributed by atoms with Crippen LogP contribution in [0.2, 0.25) is 0 Å². The van der Waals surface area contributed by atoms with Crippen molar-refractivity contribution < 1.29 is 4.74 Å². The standard InChI is InChI=1S/C27H33N5O2/c1-4-31-24-10-9-21(18-25(24)32(5-2)27(31)33)23-19-30(12-11-29-13-15-34-16-14-29)28-26(23)22-8-6-7-20(3)17-22/h6-10,17-19H,4-5,11-16H2,1-3H3. The van der Waals surface area contributed by atoms with Gasteiger partial charge in [0.15, 0.2) is 0 Å². The van der Waals surface area contributed by atoms with Crippen molar-refractivity contribution in [2.45, 2.75) is 40.4 Å². The van der Waals surface area contributed by atoms with Gasteiger partial charge in [-0.3, -0.25) is 18.7 Å². The van der Waals surface area contributed by atoms with Crippen LogP contribution in [-0.4, -0.2) is 56.7 Å². The van der Waals surface area contributed by atoms with Gasteiger partial charge in [-0.05, 0) is 44.5 Å². The summed E-state index contributed by atoms with van der Waals surface area (Å²) in [6.45, 7) is 12.8. The molecule has 0 unspecified atom stereocenters. The number of benzene rings is 2. The summed E-state index contributed by atoms with van der Waals surface area (Å²) >= 11 is 0. The molecule has 0 spiro atoms. The minimum atomic E-state index is 0.0530. The van der Waals surface area contributed by atoms with Crippen LogP contribution in [0.15, 0.2) is 53.5 Å². The minimum absolute atomic E-state index is 0.0530. The summed E-state index contributed by atoms with van der Waals surface area (Å²) in [4.78, 5) is 15.3. The van der Waals surface area contributed by atoms with Gasteiger partial charge >= 0.3 is 5.69 Å². The van der Waals surface area contributed by atoms with Crippen molar-refractivity contribution in [2.24, 2.45) is 0 Å². The Morgan fingerprint density at radius 3 is 2.41 bits per heavy atom. The lowest BCUT2D eigenvalue weighted by Gasteiger charge is -2.26. The molecule has 1 saturated heterocycles. The van der Waals surface area contributed by atoms with E-state index in [4.69, 9.17) is 9.84 Å². The predicted octanol–water partition coefficient (Wildman–Crippen LogP) is 4.01. The van der Waals surface area contributed by atoms with Gasteiger partial charge in [-0.15, -0.1) is 0 Å². The third kappa shape index (κ3) is 4.21. The molecule has 1 aliphatic heterocycles. The van der Waals surface area contributed by atoms with Crippen molar-refractivity contribution in [3.63, 3.8) is 0 Å². The molecule has 34 heavy (non-hydrogen) atoms. The number of hydrogen-bond acceptors (Lipinski definition) is 4. The van der Waals surface area contributed by atoms with Gasteiger partial charge in [0.1, 0.15) is 5.69 Å². The highest BCUT2D eigenvalue weighted by Gasteiger charge is 2.18. The first-order valence-corrected chi connectivity index (χ1v) is 12.3. The summed E-state index contributed by atoms with van der Waals surface area (Å²) < 4.78 is 11.3. The molecular weight excluding hydrogens is 426 g/mol. The zero-order valence-corrected chi connectivity index (χ0v) is 20.3. The Kier molecular flexibility index (Phi) is 6.39. The number of rotatable bonds is 7. The van der Waals surface area contributed by atoms with Gasteiger partial charge in [0, 0.05) is 50.0 Å². The van der Waals surface area contributed by atoms with Crippen molar-refractivity contribution in [2.75, 3.05) is 32.8 Å². The molecule has 7 heteroatoms. The Morgan fingerprint density at radius 1 is 0.912 bits per heavy atom. The fraction of sp³-hybridized carbons (Fsp3) is 0.407. The molecule has 0 aliphatic carbocycles. The first-order valence-electron chi connectivity index (χ1n) is 12.3. The van der Waals surface area contributed by atoms with Crippen molar-refractivity contribution in [1.29, 1.82) is 0 Å². The predicted molar refractivity (Wildman–Crippen MR) is 136 cm³/mol. The van der Waals surface area contributed by atoms with Crippen molar-refractivity contribution in [1.82, 2.24) is 23.8 Å². The maximum atomic E-state index is 12.9. The fourth-order valence-electron chi connectivity index (χ4n) is 4.92. The van der Waals surface area contributed by atoms with Crippen molar-refractivity contribution in [3.05, 3.63) is 64.7 Å². The first kappa shape index (κ1) is 22.6. The van der Waals surface area contributed by atoms with Crippen LogP contribution in [0.1, 0.15) is 19.4 Å². The first-order chi connectivity index (χ1) is 16.6. The van der Waals surface area contributed by atoms with Gasteiger partial charge < -0.3 is 4.74 Å². The van der Waals surface area contributed by atoms with E-state index in [0.717, 1.165) is 72.8 Å². The molecule has 2 aromatic heterocycles. The average molecular weight is 460 g/mol. The summed E-state index contributed by atoms with van der Waals surface area (Å²) in [7, 11) is 0. The van der Waals surface area contributed by atoms with Crippen LogP contribution < -0.4 is 5.69 Å². The minimum Gasteiger partial charge on any atom is -0.379 e. The van der Waals surface area contributed by atoms with Gasteiger partial charge in [0.25, 0.3) is 0 Å². The van der Waals surface area contributed by atoms with Crippen LogP contribution in [0.5, 0.6) is 0 Å². The number of hydrogen-bond donors (Lipinski definition) is 0. The van der Waals surface area contributed by atoms with Crippen LogP contribution in [0.4, 0.5) is 0 Å². The maximum absolute atomic E-state index is 12.9. The molecule has 0 bridgehead atoms. The van der Waals surface area contributed by atoms with Gasteiger partial charge in [0.2, 0.25) is 0 Å². The maximum Gasteiger partial charge on any atom is 0.329 e. The smallest absolute Gasteiger partial charge is 0.329 e. The van der Waals surface area contributed by atoms with E-state index in [-0.39, 0.29) is 5.69 Å². The Labute approximate surface area is 200 Å². The van der Waals surface area contributed by atoms with Gasteiger partial charge in [-0.2, -0.15) is 5.10 Å². The van der Waals surface area contributed by atoms with Crippen LogP contribution in [-0.2, 0) is 24.4 Å². The summed E-state index contributed by atoms with van der Waals surface area (Å²) in [6.07, 6.45) is 2.16. The summed E-state index contributed by atoms with van der Waals surface area (Å²) in [5.74, 6) is 0. The molecule has 3 heterocycles. The molecule has 0 N–H and O–H groups in total.